The van der Waals surface area contributed by atoms with Gasteiger partial charge in [-0.1, -0.05) is 0 Å². The second-order valence-corrected chi connectivity index (χ2v) is 8.15. The zero-order valence-electron chi connectivity index (χ0n) is 14.8. The molecule has 1 saturated heterocycles. The summed E-state index contributed by atoms with van der Waals surface area (Å²) < 4.78 is 37.3. The minimum absolute atomic E-state index is 0.181. The average molecular weight is 378 g/mol. The second kappa shape index (κ2) is 7.61. The lowest BCUT2D eigenvalue weighted by Crippen LogP contribution is -2.40. The summed E-state index contributed by atoms with van der Waals surface area (Å²) in [5, 5.41) is 0. The number of carbonyl (C=O) groups is 1. The third-order valence-electron chi connectivity index (χ3n) is 4.24. The SMILES string of the molecule is Cc1ccc(CN(C)C(=O)c2ccc(S(=O)(=O)N3CCOCC3)cc2)o1. The number of rotatable bonds is 5. The number of benzene rings is 1. The van der Waals surface area contributed by atoms with E-state index in [1.807, 2.05) is 19.1 Å². The molecule has 0 bridgehead atoms. The fourth-order valence-corrected chi connectivity index (χ4v) is 4.21. The van der Waals surface area contributed by atoms with Gasteiger partial charge < -0.3 is 14.1 Å². The first-order chi connectivity index (χ1) is 12.4. The summed E-state index contributed by atoms with van der Waals surface area (Å²) in [4.78, 5) is 14.2. The van der Waals surface area contributed by atoms with Crippen LogP contribution in [0.3, 0.4) is 0 Å². The van der Waals surface area contributed by atoms with Crippen molar-refractivity contribution in [2.24, 2.45) is 0 Å². The highest BCUT2D eigenvalue weighted by Gasteiger charge is 2.26. The summed E-state index contributed by atoms with van der Waals surface area (Å²) in [6.07, 6.45) is 0. The second-order valence-electron chi connectivity index (χ2n) is 6.21. The standard InChI is InChI=1S/C18H22N2O5S/c1-14-3-6-16(25-14)13-19(2)18(21)15-4-7-17(8-5-15)26(22,23)20-9-11-24-12-10-20/h3-8H,9-13H2,1-2H3. The van der Waals surface area contributed by atoms with Gasteiger partial charge in [0.15, 0.2) is 0 Å². The maximum Gasteiger partial charge on any atom is 0.254 e. The summed E-state index contributed by atoms with van der Waals surface area (Å²) in [5.41, 5.74) is 0.428. The molecule has 3 rings (SSSR count). The predicted molar refractivity (Wildman–Crippen MR) is 95.3 cm³/mol. The third kappa shape index (κ3) is 3.98. The number of ether oxygens (including phenoxy) is 1. The summed E-state index contributed by atoms with van der Waals surface area (Å²) in [6, 6.07) is 9.71. The van der Waals surface area contributed by atoms with Crippen molar-refractivity contribution in [2.45, 2.75) is 18.4 Å². The molecular formula is C18H22N2O5S. The van der Waals surface area contributed by atoms with Crippen LogP contribution in [0.5, 0.6) is 0 Å². The molecule has 0 aliphatic carbocycles. The van der Waals surface area contributed by atoms with E-state index < -0.39 is 10.0 Å². The molecule has 0 atom stereocenters. The van der Waals surface area contributed by atoms with Gasteiger partial charge in [-0.15, -0.1) is 0 Å². The molecule has 1 amide bonds. The number of hydrogen-bond acceptors (Lipinski definition) is 5. The summed E-state index contributed by atoms with van der Waals surface area (Å²) in [6.45, 7) is 3.67. The fourth-order valence-electron chi connectivity index (χ4n) is 2.80. The molecule has 140 valence electrons. The monoisotopic (exact) mass is 378 g/mol. The summed E-state index contributed by atoms with van der Waals surface area (Å²) >= 11 is 0. The molecule has 7 nitrogen and oxygen atoms in total. The fraction of sp³-hybridized carbons (Fsp3) is 0.389. The van der Waals surface area contributed by atoms with Gasteiger partial charge >= 0.3 is 0 Å². The smallest absolute Gasteiger partial charge is 0.254 e. The van der Waals surface area contributed by atoms with Crippen LogP contribution in [0.15, 0.2) is 45.7 Å². The Bertz CT molecular complexity index is 867. The molecule has 26 heavy (non-hydrogen) atoms. The Morgan fingerprint density at radius 1 is 1.12 bits per heavy atom. The van der Waals surface area contributed by atoms with Gasteiger partial charge in [0.2, 0.25) is 10.0 Å². The first kappa shape index (κ1) is 18.6. The number of furan rings is 1. The van der Waals surface area contributed by atoms with Crippen LogP contribution >= 0.6 is 0 Å². The van der Waals surface area contributed by atoms with Gasteiger partial charge in [0.1, 0.15) is 11.5 Å². The van der Waals surface area contributed by atoms with Crippen LogP contribution in [0.1, 0.15) is 21.9 Å². The van der Waals surface area contributed by atoms with Crippen molar-refractivity contribution < 1.29 is 22.4 Å². The Morgan fingerprint density at radius 2 is 1.77 bits per heavy atom. The van der Waals surface area contributed by atoms with E-state index in [4.69, 9.17) is 9.15 Å². The molecule has 0 radical (unpaired) electrons. The highest BCUT2D eigenvalue weighted by Crippen LogP contribution is 2.19. The normalized spacial score (nSPS) is 15.8. The molecule has 0 spiro atoms. The van der Waals surface area contributed by atoms with Crippen LogP contribution in [0, 0.1) is 6.92 Å². The number of morpholine rings is 1. The van der Waals surface area contributed by atoms with E-state index >= 15 is 0 Å². The van der Waals surface area contributed by atoms with Gasteiger partial charge in [-0.3, -0.25) is 4.79 Å². The predicted octanol–water partition coefficient (Wildman–Crippen LogP) is 1.88. The number of aryl methyl sites for hydroxylation is 1. The zero-order chi connectivity index (χ0) is 18.7. The number of carbonyl (C=O) groups excluding carboxylic acids is 1. The van der Waals surface area contributed by atoms with Crippen LogP contribution in [0.2, 0.25) is 0 Å². The molecule has 8 heteroatoms. The topological polar surface area (TPSA) is 80.1 Å². The molecule has 1 fully saturated rings. The maximum atomic E-state index is 12.6. The summed E-state index contributed by atoms with van der Waals surface area (Å²) in [5.74, 6) is 1.29. The van der Waals surface area contributed by atoms with Gasteiger partial charge in [0.25, 0.3) is 5.91 Å². The molecule has 2 heterocycles. The van der Waals surface area contributed by atoms with Crippen molar-refractivity contribution in [1.29, 1.82) is 0 Å². The lowest BCUT2D eigenvalue weighted by Gasteiger charge is -2.26. The Hall–Kier alpha value is -2.16. The van der Waals surface area contributed by atoms with Crippen molar-refractivity contribution in [3.8, 4) is 0 Å². The Morgan fingerprint density at radius 3 is 2.35 bits per heavy atom. The van der Waals surface area contributed by atoms with Gasteiger partial charge in [-0.2, -0.15) is 4.31 Å². The molecule has 1 aliphatic heterocycles. The molecule has 0 saturated carbocycles. The third-order valence-corrected chi connectivity index (χ3v) is 6.16. The van der Waals surface area contributed by atoms with Crippen molar-refractivity contribution in [3.63, 3.8) is 0 Å². The summed E-state index contributed by atoms with van der Waals surface area (Å²) in [7, 11) is -1.88. The number of amides is 1. The van der Waals surface area contributed by atoms with Gasteiger partial charge in [-0.25, -0.2) is 8.42 Å². The molecule has 1 aromatic carbocycles. The van der Waals surface area contributed by atoms with Gasteiger partial charge in [0.05, 0.1) is 24.7 Å². The van der Waals surface area contributed by atoms with Crippen LogP contribution in [-0.4, -0.2) is 56.9 Å². The van der Waals surface area contributed by atoms with Crippen LogP contribution in [0.4, 0.5) is 0 Å². The average Bonchev–Trinajstić information content (AvgIpc) is 3.06. The van der Waals surface area contributed by atoms with E-state index in [0.717, 1.165) is 5.76 Å². The van der Waals surface area contributed by atoms with Crippen molar-refractivity contribution in [1.82, 2.24) is 9.21 Å². The minimum Gasteiger partial charge on any atom is -0.464 e. The number of nitrogens with zero attached hydrogens (tertiary/aromatic N) is 2. The van der Waals surface area contributed by atoms with Crippen LogP contribution in [-0.2, 0) is 21.3 Å². The Labute approximate surface area is 153 Å². The van der Waals surface area contributed by atoms with E-state index in [1.165, 1.54) is 21.3 Å². The molecular weight excluding hydrogens is 356 g/mol. The van der Waals surface area contributed by atoms with Crippen LogP contribution in [0.25, 0.3) is 0 Å². The largest absolute Gasteiger partial charge is 0.464 e. The minimum atomic E-state index is -3.56. The highest BCUT2D eigenvalue weighted by molar-refractivity contribution is 7.89. The maximum absolute atomic E-state index is 12.6. The van der Waals surface area contributed by atoms with E-state index in [-0.39, 0.29) is 10.8 Å². The van der Waals surface area contributed by atoms with Crippen molar-refractivity contribution in [2.75, 3.05) is 33.4 Å². The van der Waals surface area contributed by atoms with E-state index in [0.29, 0.717) is 44.2 Å². The van der Waals surface area contributed by atoms with E-state index in [9.17, 15) is 13.2 Å². The lowest BCUT2D eigenvalue weighted by atomic mass is 10.2. The number of sulfonamides is 1. The first-order valence-corrected chi connectivity index (χ1v) is 9.80. The molecule has 0 unspecified atom stereocenters. The first-order valence-electron chi connectivity index (χ1n) is 8.36. The van der Waals surface area contributed by atoms with Crippen molar-refractivity contribution >= 4 is 15.9 Å². The Kier molecular flexibility index (Phi) is 5.45. The Balaban J connectivity index is 1.71. The molecule has 1 aromatic heterocycles. The lowest BCUT2D eigenvalue weighted by molar-refractivity contribution is 0.0730. The van der Waals surface area contributed by atoms with E-state index in [1.54, 1.807) is 19.2 Å². The van der Waals surface area contributed by atoms with Gasteiger partial charge in [-0.05, 0) is 43.3 Å². The quantitative estimate of drug-likeness (QED) is 0.794. The van der Waals surface area contributed by atoms with Crippen LogP contribution < -0.4 is 0 Å². The van der Waals surface area contributed by atoms with E-state index in [2.05, 4.69) is 0 Å². The molecule has 1 aliphatic rings. The molecule has 2 aromatic rings. The highest BCUT2D eigenvalue weighted by atomic mass is 32.2. The zero-order valence-corrected chi connectivity index (χ0v) is 15.7. The number of hydrogen-bond donors (Lipinski definition) is 0. The molecule has 0 N–H and O–H groups in total. The van der Waals surface area contributed by atoms with Crippen molar-refractivity contribution in [3.05, 3.63) is 53.5 Å². The van der Waals surface area contributed by atoms with Gasteiger partial charge in [0, 0.05) is 25.7 Å².